The number of thioether (sulfide) groups is 1. The van der Waals surface area contributed by atoms with Gasteiger partial charge in [0, 0.05) is 22.1 Å². The van der Waals surface area contributed by atoms with Gasteiger partial charge < -0.3 is 10.2 Å². The maximum atomic E-state index is 12.7. The van der Waals surface area contributed by atoms with Gasteiger partial charge in [0.1, 0.15) is 0 Å². The topological polar surface area (TPSA) is 58.1 Å². The minimum atomic E-state index is 0.163. The van der Waals surface area contributed by atoms with E-state index < -0.39 is 0 Å². The standard InChI is InChI=1S/C19H19ClN4OS3/c1-12-6-7-13(10-14(12)20)21-18-22-23-19(28-18)27-11-17(25)24-8-2-4-15(24)16-5-3-9-26-16/h3,5-7,9-10,15H,2,4,8,11H2,1H3,(H,21,22)/t15-/m0/s1. The van der Waals surface area contributed by atoms with E-state index in [0.717, 1.165) is 35.0 Å². The molecule has 1 atom stereocenters. The predicted molar refractivity (Wildman–Crippen MR) is 118 cm³/mol. The van der Waals surface area contributed by atoms with Crippen molar-refractivity contribution >= 4 is 62.8 Å². The minimum Gasteiger partial charge on any atom is -0.334 e. The van der Waals surface area contributed by atoms with Crippen molar-refractivity contribution in [1.82, 2.24) is 15.1 Å². The maximum Gasteiger partial charge on any atom is 0.233 e. The van der Waals surface area contributed by atoms with Gasteiger partial charge in [0.15, 0.2) is 4.34 Å². The lowest BCUT2D eigenvalue weighted by atomic mass is 10.2. The molecule has 3 aromatic rings. The van der Waals surface area contributed by atoms with E-state index in [2.05, 4.69) is 27.0 Å². The molecule has 146 valence electrons. The van der Waals surface area contributed by atoms with Gasteiger partial charge in [-0.15, -0.1) is 21.5 Å². The lowest BCUT2D eigenvalue weighted by molar-refractivity contribution is -0.129. The third kappa shape index (κ3) is 4.51. The zero-order valence-electron chi connectivity index (χ0n) is 15.2. The van der Waals surface area contributed by atoms with Crippen molar-refractivity contribution in [2.45, 2.75) is 30.1 Å². The second-order valence-electron chi connectivity index (χ2n) is 6.51. The zero-order chi connectivity index (χ0) is 19.5. The number of nitrogens with zero attached hydrogens (tertiary/aromatic N) is 3. The summed E-state index contributed by atoms with van der Waals surface area (Å²) in [5.74, 6) is 0.545. The van der Waals surface area contributed by atoms with E-state index in [1.54, 1.807) is 11.3 Å². The fourth-order valence-corrected chi connectivity index (χ4v) is 5.87. The molecule has 4 rings (SSSR count). The Labute approximate surface area is 181 Å². The highest BCUT2D eigenvalue weighted by molar-refractivity contribution is 8.01. The second-order valence-corrected chi connectivity index (χ2v) is 10.1. The number of carbonyl (C=O) groups is 1. The lowest BCUT2D eigenvalue weighted by Crippen LogP contribution is -2.31. The number of thiophene rings is 1. The molecule has 0 radical (unpaired) electrons. The van der Waals surface area contributed by atoms with E-state index in [1.165, 1.54) is 28.0 Å². The number of rotatable bonds is 6. The number of hydrogen-bond donors (Lipinski definition) is 1. The van der Waals surface area contributed by atoms with E-state index in [1.807, 2.05) is 36.1 Å². The Morgan fingerprint density at radius 3 is 3.07 bits per heavy atom. The van der Waals surface area contributed by atoms with Gasteiger partial charge in [-0.05, 0) is 48.9 Å². The SMILES string of the molecule is Cc1ccc(Nc2nnc(SCC(=O)N3CCC[C@H]3c3cccs3)s2)cc1Cl. The van der Waals surface area contributed by atoms with Gasteiger partial charge in [-0.25, -0.2) is 0 Å². The summed E-state index contributed by atoms with van der Waals surface area (Å²) in [5.41, 5.74) is 1.90. The molecule has 5 nitrogen and oxygen atoms in total. The van der Waals surface area contributed by atoms with E-state index >= 15 is 0 Å². The highest BCUT2D eigenvalue weighted by Gasteiger charge is 2.30. The van der Waals surface area contributed by atoms with Gasteiger partial charge in [0.25, 0.3) is 0 Å². The largest absolute Gasteiger partial charge is 0.334 e. The number of hydrogen-bond acceptors (Lipinski definition) is 7. The van der Waals surface area contributed by atoms with Crippen LogP contribution in [0.25, 0.3) is 0 Å². The van der Waals surface area contributed by atoms with Crippen LogP contribution in [0.2, 0.25) is 5.02 Å². The van der Waals surface area contributed by atoms with Gasteiger partial charge in [0.2, 0.25) is 11.0 Å². The molecular weight excluding hydrogens is 432 g/mol. The number of benzene rings is 1. The quantitative estimate of drug-likeness (QED) is 0.483. The molecule has 0 spiro atoms. The molecule has 0 aliphatic carbocycles. The number of nitrogens with one attached hydrogen (secondary N) is 1. The first-order valence-corrected chi connectivity index (χ1v) is 12.0. The van der Waals surface area contributed by atoms with Crippen molar-refractivity contribution < 1.29 is 4.79 Å². The van der Waals surface area contributed by atoms with Crippen molar-refractivity contribution in [1.29, 1.82) is 0 Å². The number of halogens is 1. The summed E-state index contributed by atoms with van der Waals surface area (Å²) in [6.07, 6.45) is 2.11. The number of carbonyl (C=O) groups excluding carboxylic acids is 1. The summed E-state index contributed by atoms with van der Waals surface area (Å²) in [6, 6.07) is 10.2. The molecule has 9 heteroatoms. The smallest absolute Gasteiger partial charge is 0.233 e. The summed E-state index contributed by atoms with van der Waals surface area (Å²) in [7, 11) is 0. The molecule has 1 N–H and O–H groups in total. The van der Waals surface area contributed by atoms with Crippen LogP contribution in [0.3, 0.4) is 0 Å². The van der Waals surface area contributed by atoms with Gasteiger partial charge >= 0.3 is 0 Å². The minimum absolute atomic E-state index is 0.163. The Bertz CT molecular complexity index is 960. The lowest BCUT2D eigenvalue weighted by Gasteiger charge is -2.23. The summed E-state index contributed by atoms with van der Waals surface area (Å²) in [6.45, 7) is 2.80. The number of anilines is 2. The van der Waals surface area contributed by atoms with Crippen LogP contribution in [0.5, 0.6) is 0 Å². The average molecular weight is 451 g/mol. The van der Waals surface area contributed by atoms with Crippen LogP contribution in [-0.4, -0.2) is 33.3 Å². The normalized spacial score (nSPS) is 16.5. The third-order valence-electron chi connectivity index (χ3n) is 4.59. The van der Waals surface area contributed by atoms with Gasteiger partial charge in [-0.2, -0.15) is 0 Å². The summed E-state index contributed by atoms with van der Waals surface area (Å²) in [4.78, 5) is 16.0. The molecule has 1 aliphatic heterocycles. The molecule has 28 heavy (non-hydrogen) atoms. The Morgan fingerprint density at radius 2 is 2.29 bits per heavy atom. The molecule has 1 amide bonds. The summed E-state index contributed by atoms with van der Waals surface area (Å²) < 4.78 is 0.779. The zero-order valence-corrected chi connectivity index (χ0v) is 18.4. The Balaban J connectivity index is 1.34. The first kappa shape index (κ1) is 19.7. The fourth-order valence-electron chi connectivity index (χ4n) is 3.16. The Kier molecular flexibility index (Phi) is 6.20. The Hall–Kier alpha value is -1.61. The van der Waals surface area contributed by atoms with E-state index in [4.69, 9.17) is 11.6 Å². The number of likely N-dealkylation sites (tertiary alicyclic amines) is 1. The van der Waals surface area contributed by atoms with Crippen LogP contribution in [0.4, 0.5) is 10.8 Å². The molecule has 3 heterocycles. The van der Waals surface area contributed by atoms with Crippen LogP contribution in [0.1, 0.15) is 29.3 Å². The van der Waals surface area contributed by atoms with Crippen LogP contribution in [0.15, 0.2) is 40.1 Å². The van der Waals surface area contributed by atoms with Crippen LogP contribution in [-0.2, 0) is 4.79 Å². The van der Waals surface area contributed by atoms with Crippen LogP contribution < -0.4 is 5.32 Å². The number of aromatic nitrogens is 2. The van der Waals surface area contributed by atoms with E-state index in [9.17, 15) is 4.79 Å². The average Bonchev–Trinajstić information content (AvgIpc) is 3.44. The molecule has 1 aliphatic rings. The molecule has 1 saturated heterocycles. The predicted octanol–water partition coefficient (Wildman–Crippen LogP) is 5.76. The summed E-state index contributed by atoms with van der Waals surface area (Å²) >= 11 is 10.8. The van der Waals surface area contributed by atoms with Crippen LogP contribution >= 0.6 is 46.0 Å². The van der Waals surface area contributed by atoms with Gasteiger partial charge in [-0.1, -0.05) is 46.8 Å². The third-order valence-corrected chi connectivity index (χ3v) is 7.93. The molecule has 0 bridgehead atoms. The van der Waals surface area contributed by atoms with E-state index in [0.29, 0.717) is 15.9 Å². The number of amides is 1. The highest BCUT2D eigenvalue weighted by Crippen LogP contribution is 2.36. The molecule has 1 aromatic carbocycles. The fraction of sp³-hybridized carbons (Fsp3) is 0.316. The monoisotopic (exact) mass is 450 g/mol. The highest BCUT2D eigenvalue weighted by atomic mass is 35.5. The van der Waals surface area contributed by atoms with Crippen molar-refractivity contribution in [2.75, 3.05) is 17.6 Å². The first-order chi connectivity index (χ1) is 13.6. The second kappa shape index (κ2) is 8.82. The Morgan fingerprint density at radius 1 is 1.39 bits per heavy atom. The molecular formula is C19H19ClN4OS3. The number of aryl methyl sites for hydroxylation is 1. The van der Waals surface area contributed by atoms with Gasteiger partial charge in [0.05, 0.1) is 11.8 Å². The van der Waals surface area contributed by atoms with Crippen molar-refractivity contribution in [3.8, 4) is 0 Å². The molecule has 2 aromatic heterocycles. The van der Waals surface area contributed by atoms with Gasteiger partial charge in [-0.3, -0.25) is 4.79 Å². The van der Waals surface area contributed by atoms with Crippen molar-refractivity contribution in [2.24, 2.45) is 0 Å². The van der Waals surface area contributed by atoms with Crippen molar-refractivity contribution in [3.63, 3.8) is 0 Å². The summed E-state index contributed by atoms with van der Waals surface area (Å²) in [5, 5.41) is 15.0. The molecule has 0 unspecified atom stereocenters. The van der Waals surface area contributed by atoms with E-state index in [-0.39, 0.29) is 11.9 Å². The molecule has 0 saturated carbocycles. The van der Waals surface area contributed by atoms with Crippen LogP contribution in [0, 0.1) is 6.92 Å². The van der Waals surface area contributed by atoms with Crippen molar-refractivity contribution in [3.05, 3.63) is 51.2 Å². The molecule has 1 fully saturated rings. The first-order valence-electron chi connectivity index (χ1n) is 8.92. The maximum absolute atomic E-state index is 12.7.